The number of carbonyl (C=O) groups excluding carboxylic acids is 2. The molecule has 0 spiro atoms. The number of benzene rings is 2. The molecule has 7 nitrogen and oxygen atoms in total. The van der Waals surface area contributed by atoms with Crippen LogP contribution in [0.15, 0.2) is 53.4 Å². The van der Waals surface area contributed by atoms with E-state index < -0.39 is 15.9 Å². The molecule has 0 aromatic heterocycles. The van der Waals surface area contributed by atoms with Crippen LogP contribution in [0.5, 0.6) is 0 Å². The van der Waals surface area contributed by atoms with E-state index in [-0.39, 0.29) is 16.4 Å². The van der Waals surface area contributed by atoms with Gasteiger partial charge in [-0.05, 0) is 43.2 Å². The first-order valence-electron chi connectivity index (χ1n) is 10.2. The van der Waals surface area contributed by atoms with Gasteiger partial charge in [0.05, 0.1) is 16.1 Å². The summed E-state index contributed by atoms with van der Waals surface area (Å²) in [5.41, 5.74) is 0.910. The zero-order chi connectivity index (χ0) is 22.0. The molecule has 0 aliphatic heterocycles. The fraction of sp³-hybridized carbons (Fsp3) is 0.364. The summed E-state index contributed by atoms with van der Waals surface area (Å²) in [6.07, 6.45) is 3.44. The van der Waals surface area contributed by atoms with E-state index in [1.54, 1.807) is 24.3 Å². The maximum atomic E-state index is 12.7. The largest absolute Gasteiger partial charge is 0.352 e. The van der Waals surface area contributed by atoms with Crippen LogP contribution in [-0.2, 0) is 10.0 Å². The van der Waals surface area contributed by atoms with Crippen molar-refractivity contribution < 1.29 is 18.0 Å². The number of rotatable bonds is 11. The molecular formula is C22H29N3O4S. The molecule has 0 unspecified atom stereocenters. The van der Waals surface area contributed by atoms with Crippen LogP contribution in [0.4, 0.5) is 5.69 Å². The number of hydrogen-bond acceptors (Lipinski definition) is 4. The van der Waals surface area contributed by atoms with Gasteiger partial charge in [-0.3, -0.25) is 9.59 Å². The monoisotopic (exact) mass is 431 g/mol. The molecular weight excluding hydrogens is 402 g/mol. The lowest BCUT2D eigenvalue weighted by molar-refractivity contribution is 0.0954. The average molecular weight is 432 g/mol. The second kappa shape index (κ2) is 11.5. The second-order valence-electron chi connectivity index (χ2n) is 6.89. The van der Waals surface area contributed by atoms with Gasteiger partial charge in [-0.15, -0.1) is 0 Å². The molecule has 2 amide bonds. The molecule has 0 saturated carbocycles. The maximum absolute atomic E-state index is 12.7. The van der Waals surface area contributed by atoms with Crippen LogP contribution >= 0.6 is 0 Å². The van der Waals surface area contributed by atoms with Crippen LogP contribution in [0, 0.1) is 0 Å². The van der Waals surface area contributed by atoms with Gasteiger partial charge in [-0.2, -0.15) is 0 Å². The van der Waals surface area contributed by atoms with Crippen LogP contribution in [0.1, 0.15) is 60.2 Å². The van der Waals surface area contributed by atoms with E-state index in [2.05, 4.69) is 15.4 Å². The highest BCUT2D eigenvalue weighted by atomic mass is 32.2. The third kappa shape index (κ3) is 6.67. The lowest BCUT2D eigenvalue weighted by Gasteiger charge is -2.12. The van der Waals surface area contributed by atoms with Crippen molar-refractivity contribution in [2.24, 2.45) is 0 Å². The van der Waals surface area contributed by atoms with E-state index in [0.717, 1.165) is 25.7 Å². The predicted octanol–water partition coefficient (Wildman–Crippen LogP) is 3.55. The van der Waals surface area contributed by atoms with Crippen molar-refractivity contribution >= 4 is 27.5 Å². The van der Waals surface area contributed by atoms with Gasteiger partial charge in [0, 0.05) is 18.7 Å². The molecule has 8 heteroatoms. The number of hydrogen-bond donors (Lipinski definition) is 3. The molecule has 0 bridgehead atoms. The van der Waals surface area contributed by atoms with Crippen molar-refractivity contribution in [3.05, 3.63) is 59.7 Å². The average Bonchev–Trinajstić information content (AvgIpc) is 2.74. The zero-order valence-electron chi connectivity index (χ0n) is 17.4. The van der Waals surface area contributed by atoms with Gasteiger partial charge >= 0.3 is 0 Å². The Bertz CT molecular complexity index is 974. The Labute approximate surface area is 178 Å². The molecule has 0 heterocycles. The van der Waals surface area contributed by atoms with Crippen molar-refractivity contribution in [2.45, 2.75) is 44.4 Å². The molecule has 2 rings (SSSR count). The standard InChI is InChI=1S/C22H29N3O4S/c1-3-5-14-23-22(27)19-12-7-8-13-20(19)25-21(26)17-10-9-11-18(16-17)30(28,29)24-15-6-4-2/h7-13,16,24H,3-6,14-15H2,1-2H3,(H,23,27)(H,25,26). The molecule has 0 atom stereocenters. The Morgan fingerprint density at radius 1 is 0.867 bits per heavy atom. The van der Waals surface area contributed by atoms with Crippen LogP contribution in [0.3, 0.4) is 0 Å². The minimum Gasteiger partial charge on any atom is -0.352 e. The Hall–Kier alpha value is -2.71. The normalized spacial score (nSPS) is 11.1. The van der Waals surface area contributed by atoms with Crippen LogP contribution < -0.4 is 15.4 Å². The first-order valence-corrected chi connectivity index (χ1v) is 11.7. The van der Waals surface area contributed by atoms with Gasteiger partial charge in [-0.25, -0.2) is 13.1 Å². The van der Waals surface area contributed by atoms with Gasteiger partial charge in [-0.1, -0.05) is 44.9 Å². The van der Waals surface area contributed by atoms with Crippen molar-refractivity contribution in [2.75, 3.05) is 18.4 Å². The molecule has 3 N–H and O–H groups in total. The third-order valence-electron chi connectivity index (χ3n) is 4.46. The fourth-order valence-electron chi connectivity index (χ4n) is 2.73. The number of unbranched alkanes of at least 4 members (excludes halogenated alkanes) is 2. The van der Waals surface area contributed by atoms with Crippen molar-refractivity contribution in [3.8, 4) is 0 Å². The van der Waals surface area contributed by atoms with E-state index in [1.165, 1.54) is 24.3 Å². The summed E-state index contributed by atoms with van der Waals surface area (Å²) in [5.74, 6) is -0.759. The Kier molecular flexibility index (Phi) is 9.01. The number of anilines is 1. The summed E-state index contributed by atoms with van der Waals surface area (Å²) < 4.78 is 27.4. The summed E-state index contributed by atoms with van der Waals surface area (Å²) in [4.78, 5) is 25.2. The van der Waals surface area contributed by atoms with Crippen molar-refractivity contribution in [1.29, 1.82) is 0 Å². The molecule has 30 heavy (non-hydrogen) atoms. The summed E-state index contributed by atoms with van der Waals surface area (Å²) >= 11 is 0. The highest BCUT2D eigenvalue weighted by Gasteiger charge is 2.17. The molecule has 2 aromatic carbocycles. The maximum Gasteiger partial charge on any atom is 0.255 e. The molecule has 0 aliphatic carbocycles. The van der Waals surface area contributed by atoms with Gasteiger partial charge in [0.25, 0.3) is 11.8 Å². The Balaban J connectivity index is 2.17. The number of para-hydroxylation sites is 1. The SMILES string of the molecule is CCCCNC(=O)c1ccccc1NC(=O)c1cccc(S(=O)(=O)NCCCC)c1. The summed E-state index contributed by atoms with van der Waals surface area (Å²) in [5, 5.41) is 5.54. The number of sulfonamides is 1. The minimum atomic E-state index is -3.69. The number of carbonyl (C=O) groups is 2. The summed E-state index contributed by atoms with van der Waals surface area (Å²) in [6, 6.07) is 12.5. The number of nitrogens with one attached hydrogen (secondary N) is 3. The Morgan fingerprint density at radius 3 is 2.30 bits per heavy atom. The van der Waals surface area contributed by atoms with Crippen LogP contribution in [0.2, 0.25) is 0 Å². The number of amides is 2. The van der Waals surface area contributed by atoms with Gasteiger partial charge < -0.3 is 10.6 Å². The first-order chi connectivity index (χ1) is 14.4. The van der Waals surface area contributed by atoms with Crippen LogP contribution in [-0.4, -0.2) is 33.3 Å². The minimum absolute atomic E-state index is 0.0249. The smallest absolute Gasteiger partial charge is 0.255 e. The van der Waals surface area contributed by atoms with Gasteiger partial charge in [0.1, 0.15) is 0 Å². The fourth-order valence-corrected chi connectivity index (χ4v) is 3.85. The quantitative estimate of drug-likeness (QED) is 0.473. The highest BCUT2D eigenvalue weighted by molar-refractivity contribution is 7.89. The van der Waals surface area contributed by atoms with E-state index in [4.69, 9.17) is 0 Å². The molecule has 0 radical (unpaired) electrons. The molecule has 0 saturated heterocycles. The van der Waals surface area contributed by atoms with Crippen LogP contribution in [0.25, 0.3) is 0 Å². The molecule has 162 valence electrons. The second-order valence-corrected chi connectivity index (χ2v) is 8.66. The van der Waals surface area contributed by atoms with Gasteiger partial charge in [0.2, 0.25) is 10.0 Å². The van der Waals surface area contributed by atoms with Gasteiger partial charge in [0.15, 0.2) is 0 Å². The lowest BCUT2D eigenvalue weighted by atomic mass is 10.1. The highest BCUT2D eigenvalue weighted by Crippen LogP contribution is 2.18. The van der Waals surface area contributed by atoms with E-state index in [1.807, 2.05) is 13.8 Å². The zero-order valence-corrected chi connectivity index (χ0v) is 18.2. The molecule has 0 aliphatic rings. The van der Waals surface area contributed by atoms with Crippen molar-refractivity contribution in [1.82, 2.24) is 10.0 Å². The first kappa shape index (κ1) is 23.6. The molecule has 0 fully saturated rings. The summed E-state index contributed by atoms with van der Waals surface area (Å²) in [6.45, 7) is 4.91. The Morgan fingerprint density at radius 2 is 1.57 bits per heavy atom. The van der Waals surface area contributed by atoms with E-state index >= 15 is 0 Å². The van der Waals surface area contributed by atoms with E-state index in [0.29, 0.717) is 24.3 Å². The third-order valence-corrected chi connectivity index (χ3v) is 5.92. The lowest BCUT2D eigenvalue weighted by Crippen LogP contribution is -2.26. The van der Waals surface area contributed by atoms with Crippen molar-refractivity contribution in [3.63, 3.8) is 0 Å². The predicted molar refractivity (Wildman–Crippen MR) is 118 cm³/mol. The summed E-state index contributed by atoms with van der Waals surface area (Å²) in [7, 11) is -3.69. The molecule has 2 aromatic rings. The topological polar surface area (TPSA) is 104 Å². The van der Waals surface area contributed by atoms with E-state index in [9.17, 15) is 18.0 Å².